The number of nitrogens with one attached hydrogen (secondary N) is 1. The lowest BCUT2D eigenvalue weighted by Crippen LogP contribution is -2.13. The van der Waals surface area contributed by atoms with Gasteiger partial charge in [0.2, 0.25) is 0 Å². The molecule has 1 N–H and O–H groups in total. The minimum atomic E-state index is 0.610. The van der Waals surface area contributed by atoms with Gasteiger partial charge < -0.3 is 10.1 Å². The van der Waals surface area contributed by atoms with Crippen LogP contribution in [0.3, 0.4) is 0 Å². The molecule has 0 unspecified atom stereocenters. The van der Waals surface area contributed by atoms with E-state index in [2.05, 4.69) is 22.6 Å². The molecule has 2 rings (SSSR count). The highest BCUT2D eigenvalue weighted by Crippen LogP contribution is 2.24. The summed E-state index contributed by atoms with van der Waals surface area (Å²) in [5.74, 6) is 0.737. The zero-order valence-electron chi connectivity index (χ0n) is 11.1. The SMILES string of the molecule is CCCNCc1cn(-c2cc(OC)ccc2Cl)nn1. The van der Waals surface area contributed by atoms with Crippen molar-refractivity contribution in [3.8, 4) is 11.4 Å². The molecule has 0 fully saturated rings. The van der Waals surface area contributed by atoms with Gasteiger partial charge in [0.25, 0.3) is 0 Å². The maximum atomic E-state index is 6.16. The third kappa shape index (κ3) is 3.45. The van der Waals surface area contributed by atoms with Crippen LogP contribution in [-0.2, 0) is 6.54 Å². The first-order valence-electron chi connectivity index (χ1n) is 6.20. The highest BCUT2D eigenvalue weighted by molar-refractivity contribution is 6.32. The van der Waals surface area contributed by atoms with Crippen LogP contribution in [0.5, 0.6) is 5.75 Å². The first-order valence-corrected chi connectivity index (χ1v) is 6.58. The minimum absolute atomic E-state index is 0.610. The number of aromatic nitrogens is 3. The number of hydrogen-bond donors (Lipinski definition) is 1. The molecule has 1 aromatic heterocycles. The number of rotatable bonds is 6. The largest absolute Gasteiger partial charge is 0.497 e. The molecule has 6 heteroatoms. The van der Waals surface area contributed by atoms with E-state index in [9.17, 15) is 0 Å². The molecule has 0 radical (unpaired) electrons. The summed E-state index contributed by atoms with van der Waals surface area (Å²) in [7, 11) is 1.62. The smallest absolute Gasteiger partial charge is 0.121 e. The van der Waals surface area contributed by atoms with Crippen molar-refractivity contribution in [1.82, 2.24) is 20.3 Å². The summed E-state index contributed by atoms with van der Waals surface area (Å²) in [6.07, 6.45) is 2.96. The van der Waals surface area contributed by atoms with Crippen LogP contribution in [0.4, 0.5) is 0 Å². The fourth-order valence-electron chi connectivity index (χ4n) is 1.69. The van der Waals surface area contributed by atoms with E-state index in [0.29, 0.717) is 11.6 Å². The van der Waals surface area contributed by atoms with E-state index in [1.54, 1.807) is 17.9 Å². The fraction of sp³-hybridized carbons (Fsp3) is 0.385. The van der Waals surface area contributed by atoms with Gasteiger partial charge in [-0.1, -0.05) is 23.7 Å². The molecule has 0 amide bonds. The Morgan fingerprint density at radius 3 is 3.00 bits per heavy atom. The lowest BCUT2D eigenvalue weighted by Gasteiger charge is -2.06. The fourth-order valence-corrected chi connectivity index (χ4v) is 1.89. The van der Waals surface area contributed by atoms with Gasteiger partial charge in [-0.15, -0.1) is 5.10 Å². The Labute approximate surface area is 117 Å². The highest BCUT2D eigenvalue weighted by atomic mass is 35.5. The van der Waals surface area contributed by atoms with Gasteiger partial charge in [0.1, 0.15) is 5.75 Å². The van der Waals surface area contributed by atoms with Crippen molar-refractivity contribution in [2.75, 3.05) is 13.7 Å². The summed E-state index contributed by atoms with van der Waals surface area (Å²) in [6.45, 7) is 3.79. The van der Waals surface area contributed by atoms with E-state index >= 15 is 0 Å². The summed E-state index contributed by atoms with van der Waals surface area (Å²) in [5, 5.41) is 12.1. The summed E-state index contributed by atoms with van der Waals surface area (Å²) in [6, 6.07) is 5.43. The van der Waals surface area contributed by atoms with Crippen LogP contribution < -0.4 is 10.1 Å². The predicted octanol–water partition coefficient (Wildman–Crippen LogP) is 2.43. The molecule has 102 valence electrons. The highest BCUT2D eigenvalue weighted by Gasteiger charge is 2.08. The van der Waals surface area contributed by atoms with Crippen molar-refractivity contribution >= 4 is 11.6 Å². The molecule has 5 nitrogen and oxygen atoms in total. The van der Waals surface area contributed by atoms with Crippen LogP contribution in [0.1, 0.15) is 19.0 Å². The Bertz CT molecular complexity index is 541. The standard InChI is InChI=1S/C13H17ClN4O/c1-3-6-15-8-10-9-18(17-16-10)13-7-11(19-2)4-5-12(13)14/h4-5,7,9,15H,3,6,8H2,1-2H3. The predicted molar refractivity (Wildman–Crippen MR) is 74.9 cm³/mol. The number of hydrogen-bond acceptors (Lipinski definition) is 4. The van der Waals surface area contributed by atoms with Gasteiger partial charge in [0, 0.05) is 12.6 Å². The van der Waals surface area contributed by atoms with Crippen LogP contribution in [0, 0.1) is 0 Å². The molecule has 0 bridgehead atoms. The minimum Gasteiger partial charge on any atom is -0.497 e. The van der Waals surface area contributed by atoms with Gasteiger partial charge in [0.05, 0.1) is 29.7 Å². The number of nitrogens with zero attached hydrogens (tertiary/aromatic N) is 3. The van der Waals surface area contributed by atoms with Gasteiger partial charge in [-0.25, -0.2) is 4.68 Å². The van der Waals surface area contributed by atoms with Crippen molar-refractivity contribution < 1.29 is 4.74 Å². The van der Waals surface area contributed by atoms with E-state index < -0.39 is 0 Å². The zero-order chi connectivity index (χ0) is 13.7. The van der Waals surface area contributed by atoms with Gasteiger partial charge in [-0.3, -0.25) is 0 Å². The lowest BCUT2D eigenvalue weighted by atomic mass is 10.3. The summed E-state index contributed by atoms with van der Waals surface area (Å²) in [5.41, 5.74) is 1.64. The van der Waals surface area contributed by atoms with Crippen molar-refractivity contribution in [1.29, 1.82) is 0 Å². The second kappa shape index (κ2) is 6.54. The third-order valence-corrected chi connectivity index (χ3v) is 2.99. The van der Waals surface area contributed by atoms with Gasteiger partial charge in [0.15, 0.2) is 0 Å². The molecule has 0 spiro atoms. The third-order valence-electron chi connectivity index (χ3n) is 2.67. The number of benzene rings is 1. The Balaban J connectivity index is 2.17. The van der Waals surface area contributed by atoms with E-state index in [4.69, 9.17) is 16.3 Å². The second-order valence-corrected chi connectivity index (χ2v) is 4.56. The average Bonchev–Trinajstić information content (AvgIpc) is 2.88. The molecule has 0 aliphatic heterocycles. The number of halogens is 1. The molecule has 1 heterocycles. The molecule has 2 aromatic rings. The normalized spacial score (nSPS) is 10.7. The average molecular weight is 281 g/mol. The molecule has 0 aliphatic rings. The van der Waals surface area contributed by atoms with Crippen LogP contribution in [-0.4, -0.2) is 28.6 Å². The van der Waals surface area contributed by atoms with Crippen LogP contribution in [0.15, 0.2) is 24.4 Å². The van der Waals surface area contributed by atoms with E-state index in [1.165, 1.54) is 0 Å². The quantitative estimate of drug-likeness (QED) is 0.826. The van der Waals surface area contributed by atoms with Crippen molar-refractivity contribution in [2.45, 2.75) is 19.9 Å². The maximum Gasteiger partial charge on any atom is 0.121 e. The summed E-state index contributed by atoms with van der Waals surface area (Å²) >= 11 is 6.16. The molecule has 0 atom stereocenters. The molecule has 1 aromatic carbocycles. The molecule has 19 heavy (non-hydrogen) atoms. The van der Waals surface area contributed by atoms with E-state index in [-0.39, 0.29) is 0 Å². The van der Waals surface area contributed by atoms with E-state index in [1.807, 2.05) is 18.3 Å². The van der Waals surface area contributed by atoms with Crippen molar-refractivity contribution in [3.05, 3.63) is 35.1 Å². The Hall–Kier alpha value is -1.59. The lowest BCUT2D eigenvalue weighted by molar-refractivity contribution is 0.414. The summed E-state index contributed by atoms with van der Waals surface area (Å²) in [4.78, 5) is 0. The monoisotopic (exact) mass is 280 g/mol. The number of ether oxygens (including phenoxy) is 1. The van der Waals surface area contributed by atoms with Gasteiger partial charge in [-0.05, 0) is 25.1 Å². The van der Waals surface area contributed by atoms with Crippen LogP contribution in [0.25, 0.3) is 5.69 Å². The first kappa shape index (κ1) is 13.8. The van der Waals surface area contributed by atoms with Gasteiger partial charge >= 0.3 is 0 Å². The van der Waals surface area contributed by atoms with Crippen molar-refractivity contribution in [2.24, 2.45) is 0 Å². The second-order valence-electron chi connectivity index (χ2n) is 4.15. The topological polar surface area (TPSA) is 52.0 Å². The first-order chi connectivity index (χ1) is 9.24. The van der Waals surface area contributed by atoms with E-state index in [0.717, 1.165) is 30.1 Å². The molecule has 0 saturated carbocycles. The Morgan fingerprint density at radius 2 is 2.26 bits per heavy atom. The molecule has 0 saturated heterocycles. The summed E-state index contributed by atoms with van der Waals surface area (Å²) < 4.78 is 6.85. The molecular formula is C13H17ClN4O. The van der Waals surface area contributed by atoms with Crippen molar-refractivity contribution in [3.63, 3.8) is 0 Å². The Kier molecular flexibility index (Phi) is 4.76. The maximum absolute atomic E-state index is 6.16. The molecular weight excluding hydrogens is 264 g/mol. The van der Waals surface area contributed by atoms with Crippen LogP contribution in [0.2, 0.25) is 5.02 Å². The molecule has 0 aliphatic carbocycles. The number of methoxy groups -OCH3 is 1. The van der Waals surface area contributed by atoms with Crippen LogP contribution >= 0.6 is 11.6 Å². The zero-order valence-corrected chi connectivity index (χ0v) is 11.8. The van der Waals surface area contributed by atoms with Gasteiger partial charge in [-0.2, -0.15) is 0 Å². The Morgan fingerprint density at radius 1 is 1.42 bits per heavy atom.